The lowest BCUT2D eigenvalue weighted by Gasteiger charge is -2.26. The summed E-state index contributed by atoms with van der Waals surface area (Å²) in [6.07, 6.45) is -0.790. The fraction of sp³-hybridized carbons (Fsp3) is 0.350. The number of nitrogens with zero attached hydrogens (tertiary/aromatic N) is 1. The van der Waals surface area contributed by atoms with E-state index in [0.717, 1.165) is 0 Å². The third kappa shape index (κ3) is 5.06. The summed E-state index contributed by atoms with van der Waals surface area (Å²) in [6.45, 7) is 2.90. The molecule has 2 aromatic carbocycles. The molecule has 0 saturated carbocycles. The molecule has 3 rings (SSSR count). The molecule has 1 amide bonds. The molecule has 156 valence electrons. The molecular formula is C20H24N2O6S. The minimum atomic E-state index is -3.70. The summed E-state index contributed by atoms with van der Waals surface area (Å²) in [5.41, 5.74) is 0.260. The Morgan fingerprint density at radius 3 is 2.48 bits per heavy atom. The van der Waals surface area contributed by atoms with E-state index in [-0.39, 0.29) is 23.7 Å². The number of para-hydroxylation sites is 1. The Bertz CT molecular complexity index is 943. The van der Waals surface area contributed by atoms with Crippen LogP contribution in [0.1, 0.15) is 6.92 Å². The third-order valence-corrected chi connectivity index (χ3v) is 6.36. The summed E-state index contributed by atoms with van der Waals surface area (Å²) in [7, 11) is -2.25. The van der Waals surface area contributed by atoms with Crippen molar-refractivity contribution in [2.24, 2.45) is 0 Å². The Balaban J connectivity index is 1.79. The fourth-order valence-electron chi connectivity index (χ4n) is 2.87. The first-order chi connectivity index (χ1) is 13.9. The lowest BCUT2D eigenvalue weighted by molar-refractivity contribution is -0.122. The number of rotatable bonds is 7. The fourth-order valence-corrected chi connectivity index (χ4v) is 4.31. The summed E-state index contributed by atoms with van der Waals surface area (Å²) < 4.78 is 43.3. The number of methoxy groups -OCH3 is 1. The van der Waals surface area contributed by atoms with Gasteiger partial charge in [0, 0.05) is 13.1 Å². The Morgan fingerprint density at radius 2 is 1.83 bits per heavy atom. The molecule has 1 saturated heterocycles. The summed E-state index contributed by atoms with van der Waals surface area (Å²) >= 11 is 0. The lowest BCUT2D eigenvalue weighted by atomic mass is 10.2. The van der Waals surface area contributed by atoms with Crippen molar-refractivity contribution in [3.8, 4) is 11.5 Å². The van der Waals surface area contributed by atoms with Gasteiger partial charge in [-0.2, -0.15) is 4.31 Å². The lowest BCUT2D eigenvalue weighted by Crippen LogP contribution is -2.40. The molecule has 1 unspecified atom stereocenters. The maximum atomic E-state index is 12.9. The van der Waals surface area contributed by atoms with Crippen LogP contribution in [0, 0.1) is 0 Å². The monoisotopic (exact) mass is 420 g/mol. The van der Waals surface area contributed by atoms with Crippen molar-refractivity contribution in [2.45, 2.75) is 17.9 Å². The van der Waals surface area contributed by atoms with Gasteiger partial charge in [-0.1, -0.05) is 18.2 Å². The normalized spacial score (nSPS) is 16.1. The van der Waals surface area contributed by atoms with E-state index in [0.29, 0.717) is 24.7 Å². The van der Waals surface area contributed by atoms with Gasteiger partial charge in [-0.15, -0.1) is 0 Å². The molecule has 2 aromatic rings. The molecule has 0 aromatic heterocycles. The number of benzene rings is 2. The Hall–Kier alpha value is -2.62. The van der Waals surface area contributed by atoms with Crippen molar-refractivity contribution in [3.05, 3.63) is 48.5 Å². The second-order valence-electron chi connectivity index (χ2n) is 6.44. The molecule has 1 fully saturated rings. The van der Waals surface area contributed by atoms with Crippen LogP contribution in [0.25, 0.3) is 0 Å². The molecule has 1 heterocycles. The van der Waals surface area contributed by atoms with Crippen molar-refractivity contribution in [1.82, 2.24) is 4.31 Å². The summed E-state index contributed by atoms with van der Waals surface area (Å²) in [5.74, 6) is 0.491. The highest BCUT2D eigenvalue weighted by Gasteiger charge is 2.27. The van der Waals surface area contributed by atoms with Crippen LogP contribution in [0.3, 0.4) is 0 Å². The van der Waals surface area contributed by atoms with Crippen molar-refractivity contribution in [1.29, 1.82) is 0 Å². The first-order valence-corrected chi connectivity index (χ1v) is 10.6. The average molecular weight is 420 g/mol. The van der Waals surface area contributed by atoms with Crippen molar-refractivity contribution in [3.63, 3.8) is 0 Å². The van der Waals surface area contributed by atoms with Crippen molar-refractivity contribution >= 4 is 21.6 Å². The first kappa shape index (κ1) is 21.1. The Kier molecular flexibility index (Phi) is 6.73. The smallest absolute Gasteiger partial charge is 0.265 e. The maximum Gasteiger partial charge on any atom is 0.265 e. The van der Waals surface area contributed by atoms with Crippen LogP contribution in [0.4, 0.5) is 5.69 Å². The topological polar surface area (TPSA) is 94.2 Å². The van der Waals surface area contributed by atoms with E-state index in [9.17, 15) is 13.2 Å². The highest BCUT2D eigenvalue weighted by atomic mass is 32.2. The van der Waals surface area contributed by atoms with Gasteiger partial charge in [0.1, 0.15) is 11.5 Å². The molecule has 0 aliphatic carbocycles. The van der Waals surface area contributed by atoms with Gasteiger partial charge in [0.25, 0.3) is 5.91 Å². The van der Waals surface area contributed by atoms with Crippen LogP contribution in [-0.2, 0) is 19.6 Å². The zero-order valence-electron chi connectivity index (χ0n) is 16.3. The number of hydrogen-bond donors (Lipinski definition) is 1. The zero-order valence-corrected chi connectivity index (χ0v) is 17.1. The van der Waals surface area contributed by atoms with Crippen molar-refractivity contribution in [2.75, 3.05) is 38.7 Å². The zero-order chi connectivity index (χ0) is 20.9. The van der Waals surface area contributed by atoms with Gasteiger partial charge in [0.05, 0.1) is 30.9 Å². The molecule has 1 atom stereocenters. The van der Waals surface area contributed by atoms with Crippen LogP contribution in [0.15, 0.2) is 53.4 Å². The number of carbonyl (C=O) groups excluding carboxylic acids is 1. The number of sulfonamides is 1. The number of anilines is 1. The van der Waals surface area contributed by atoms with E-state index in [2.05, 4.69) is 5.32 Å². The highest BCUT2D eigenvalue weighted by Crippen LogP contribution is 2.29. The van der Waals surface area contributed by atoms with Gasteiger partial charge in [-0.25, -0.2) is 8.42 Å². The number of morpholine rings is 1. The van der Waals surface area contributed by atoms with E-state index in [1.54, 1.807) is 19.1 Å². The standard InChI is InChI=1S/C20H24N2O6S/c1-15(28-16-6-4-3-5-7-16)20(23)21-18-14-17(8-9-19(18)26-2)29(24,25)22-10-12-27-13-11-22/h3-9,14-15H,10-13H2,1-2H3,(H,21,23). The third-order valence-electron chi connectivity index (χ3n) is 4.46. The predicted molar refractivity (Wildman–Crippen MR) is 108 cm³/mol. The van der Waals surface area contributed by atoms with Gasteiger partial charge in [-0.05, 0) is 37.3 Å². The quantitative estimate of drug-likeness (QED) is 0.737. The molecule has 1 N–H and O–H groups in total. The number of nitrogens with one attached hydrogen (secondary N) is 1. The minimum absolute atomic E-state index is 0.0760. The van der Waals surface area contributed by atoms with Crippen LogP contribution in [0.2, 0.25) is 0 Å². The van der Waals surface area contributed by atoms with E-state index < -0.39 is 22.0 Å². The SMILES string of the molecule is COc1ccc(S(=O)(=O)N2CCOCC2)cc1NC(=O)C(C)Oc1ccccc1. The van der Waals surface area contributed by atoms with Crippen LogP contribution in [-0.4, -0.2) is 58.1 Å². The molecule has 1 aliphatic heterocycles. The summed E-state index contributed by atoms with van der Waals surface area (Å²) in [6, 6.07) is 13.3. The highest BCUT2D eigenvalue weighted by molar-refractivity contribution is 7.89. The van der Waals surface area contributed by atoms with Crippen LogP contribution >= 0.6 is 0 Å². The molecule has 29 heavy (non-hydrogen) atoms. The molecule has 8 nitrogen and oxygen atoms in total. The van der Waals surface area contributed by atoms with E-state index in [1.165, 1.54) is 29.6 Å². The molecule has 9 heteroatoms. The van der Waals surface area contributed by atoms with Gasteiger partial charge in [0.2, 0.25) is 10.0 Å². The Morgan fingerprint density at radius 1 is 1.14 bits per heavy atom. The number of amides is 1. The van der Waals surface area contributed by atoms with Crippen molar-refractivity contribution < 1.29 is 27.4 Å². The number of carbonyl (C=O) groups is 1. The van der Waals surface area contributed by atoms with E-state index in [1.807, 2.05) is 18.2 Å². The van der Waals surface area contributed by atoms with Gasteiger partial charge in [0.15, 0.2) is 6.10 Å². The second-order valence-corrected chi connectivity index (χ2v) is 8.38. The summed E-state index contributed by atoms with van der Waals surface area (Å²) in [5, 5.41) is 2.70. The molecule has 0 radical (unpaired) electrons. The van der Waals surface area contributed by atoms with Gasteiger partial charge in [-0.3, -0.25) is 4.79 Å². The maximum absolute atomic E-state index is 12.9. The average Bonchev–Trinajstić information content (AvgIpc) is 2.75. The minimum Gasteiger partial charge on any atom is -0.495 e. The number of hydrogen-bond acceptors (Lipinski definition) is 6. The van der Waals surface area contributed by atoms with Crippen LogP contribution < -0.4 is 14.8 Å². The predicted octanol–water partition coefficient (Wildman–Crippen LogP) is 2.12. The Labute approximate surface area is 170 Å². The van der Waals surface area contributed by atoms with E-state index in [4.69, 9.17) is 14.2 Å². The van der Waals surface area contributed by atoms with Gasteiger partial charge >= 0.3 is 0 Å². The molecule has 1 aliphatic rings. The molecule has 0 bridgehead atoms. The number of ether oxygens (including phenoxy) is 3. The van der Waals surface area contributed by atoms with E-state index >= 15 is 0 Å². The van der Waals surface area contributed by atoms with Gasteiger partial charge < -0.3 is 19.5 Å². The largest absolute Gasteiger partial charge is 0.495 e. The van der Waals surface area contributed by atoms with Crippen LogP contribution in [0.5, 0.6) is 11.5 Å². The molecule has 0 spiro atoms. The first-order valence-electron chi connectivity index (χ1n) is 9.20. The summed E-state index contributed by atoms with van der Waals surface area (Å²) in [4.78, 5) is 12.7. The molecular weight excluding hydrogens is 396 g/mol. The second kappa shape index (κ2) is 9.25.